The maximum absolute atomic E-state index is 12.4. The first-order valence-electron chi connectivity index (χ1n) is 9.58. The lowest BCUT2D eigenvalue weighted by Crippen LogP contribution is -2.29. The molecule has 2 aromatic carbocycles. The Balaban J connectivity index is 1.83. The second-order valence-corrected chi connectivity index (χ2v) is 7.31. The van der Waals surface area contributed by atoms with E-state index in [9.17, 15) is 14.4 Å². The lowest BCUT2D eigenvalue weighted by atomic mass is 10.2. The summed E-state index contributed by atoms with van der Waals surface area (Å²) in [5.41, 5.74) is 1.12. The highest BCUT2D eigenvalue weighted by Crippen LogP contribution is 2.23. The molecule has 31 heavy (non-hydrogen) atoms. The molecule has 0 atom stereocenters. The van der Waals surface area contributed by atoms with Crippen LogP contribution < -0.4 is 15.4 Å². The number of nitrogens with one attached hydrogen (secondary N) is 2. The predicted octanol–water partition coefficient (Wildman–Crippen LogP) is 2.02. The van der Waals surface area contributed by atoms with Crippen molar-refractivity contribution >= 4 is 29.5 Å². The summed E-state index contributed by atoms with van der Waals surface area (Å²) in [6.45, 7) is 0.692. The number of esters is 1. The van der Waals surface area contributed by atoms with E-state index in [0.717, 1.165) is 5.56 Å². The number of methoxy groups -OCH3 is 2. The van der Waals surface area contributed by atoms with Gasteiger partial charge in [-0.3, -0.25) is 9.59 Å². The minimum Gasteiger partial charge on any atom is -0.496 e. The van der Waals surface area contributed by atoms with E-state index in [1.54, 1.807) is 44.6 Å². The summed E-state index contributed by atoms with van der Waals surface area (Å²) >= 11 is 1.22. The molecule has 166 valence electrons. The highest BCUT2D eigenvalue weighted by atomic mass is 32.2. The minimum absolute atomic E-state index is 0.146. The van der Waals surface area contributed by atoms with Crippen LogP contribution in [0.15, 0.2) is 53.4 Å². The van der Waals surface area contributed by atoms with Crippen LogP contribution in [0.3, 0.4) is 0 Å². The molecule has 2 amide bonds. The Kier molecular flexibility index (Phi) is 10.4. The molecule has 9 heteroatoms. The maximum Gasteiger partial charge on any atom is 0.339 e. The van der Waals surface area contributed by atoms with Crippen LogP contribution in [-0.4, -0.2) is 57.5 Å². The highest BCUT2D eigenvalue weighted by Gasteiger charge is 2.16. The predicted molar refractivity (Wildman–Crippen MR) is 117 cm³/mol. The standard InChI is InChI=1S/C22H26N2O6S/c1-28-12-11-23-21(26)15-31-19-10-6-4-8-17(19)22(27)30-14-20(25)24-13-16-7-3-5-9-18(16)29-2/h3-10H,11-15H2,1-2H3,(H,23,26)(H,24,25). The van der Waals surface area contributed by atoms with Crippen LogP contribution in [0.5, 0.6) is 5.75 Å². The Morgan fingerprint density at radius 3 is 2.45 bits per heavy atom. The van der Waals surface area contributed by atoms with Crippen molar-refractivity contribution in [2.24, 2.45) is 0 Å². The number of para-hydroxylation sites is 1. The monoisotopic (exact) mass is 446 g/mol. The average Bonchev–Trinajstić information content (AvgIpc) is 2.80. The third kappa shape index (κ3) is 8.31. The van der Waals surface area contributed by atoms with Gasteiger partial charge in [0.25, 0.3) is 5.91 Å². The van der Waals surface area contributed by atoms with Crippen molar-refractivity contribution in [2.45, 2.75) is 11.4 Å². The molecule has 0 fully saturated rings. The third-order valence-electron chi connectivity index (χ3n) is 4.10. The Labute approximate surface area is 185 Å². The lowest BCUT2D eigenvalue weighted by Gasteiger charge is -2.11. The molecule has 0 aliphatic carbocycles. The molecule has 0 saturated carbocycles. The second-order valence-electron chi connectivity index (χ2n) is 6.29. The van der Waals surface area contributed by atoms with E-state index >= 15 is 0 Å². The van der Waals surface area contributed by atoms with E-state index in [2.05, 4.69) is 10.6 Å². The number of hydrogen-bond acceptors (Lipinski definition) is 7. The molecule has 8 nitrogen and oxygen atoms in total. The summed E-state index contributed by atoms with van der Waals surface area (Å²) in [7, 11) is 3.11. The number of hydrogen-bond donors (Lipinski definition) is 2. The number of carbonyl (C=O) groups excluding carboxylic acids is 3. The van der Waals surface area contributed by atoms with Gasteiger partial charge in [0.1, 0.15) is 5.75 Å². The van der Waals surface area contributed by atoms with Gasteiger partial charge < -0.3 is 24.8 Å². The quantitative estimate of drug-likeness (QED) is 0.292. The Morgan fingerprint density at radius 2 is 1.68 bits per heavy atom. The van der Waals surface area contributed by atoms with Gasteiger partial charge >= 0.3 is 5.97 Å². The molecule has 0 bridgehead atoms. The van der Waals surface area contributed by atoms with E-state index in [4.69, 9.17) is 14.2 Å². The largest absolute Gasteiger partial charge is 0.496 e. The zero-order valence-electron chi connectivity index (χ0n) is 17.5. The van der Waals surface area contributed by atoms with Crippen molar-refractivity contribution in [3.05, 3.63) is 59.7 Å². The van der Waals surface area contributed by atoms with Gasteiger partial charge in [-0.05, 0) is 18.2 Å². The first-order chi connectivity index (χ1) is 15.0. The SMILES string of the molecule is COCCNC(=O)CSc1ccccc1C(=O)OCC(=O)NCc1ccccc1OC. The smallest absolute Gasteiger partial charge is 0.339 e. The van der Waals surface area contributed by atoms with Gasteiger partial charge in [0.2, 0.25) is 5.91 Å². The molecule has 0 spiro atoms. The fourth-order valence-corrected chi connectivity index (χ4v) is 3.42. The third-order valence-corrected chi connectivity index (χ3v) is 5.17. The van der Waals surface area contributed by atoms with Crippen LogP contribution in [0.25, 0.3) is 0 Å². The first-order valence-corrected chi connectivity index (χ1v) is 10.6. The van der Waals surface area contributed by atoms with Gasteiger partial charge in [0, 0.05) is 30.7 Å². The number of ether oxygens (including phenoxy) is 3. The van der Waals surface area contributed by atoms with Crippen molar-refractivity contribution in [3.8, 4) is 5.75 Å². The van der Waals surface area contributed by atoms with E-state index in [1.165, 1.54) is 11.8 Å². The summed E-state index contributed by atoms with van der Waals surface area (Å²) < 4.78 is 15.3. The summed E-state index contributed by atoms with van der Waals surface area (Å²) in [4.78, 5) is 37.0. The number of amides is 2. The zero-order chi connectivity index (χ0) is 22.5. The van der Waals surface area contributed by atoms with Crippen molar-refractivity contribution in [1.29, 1.82) is 0 Å². The molecule has 2 N–H and O–H groups in total. The zero-order valence-corrected chi connectivity index (χ0v) is 18.3. The molecule has 0 saturated heterocycles. The number of thioether (sulfide) groups is 1. The molecule has 0 heterocycles. The maximum atomic E-state index is 12.4. The summed E-state index contributed by atoms with van der Waals surface area (Å²) in [6.07, 6.45) is 0. The van der Waals surface area contributed by atoms with Crippen LogP contribution in [0.2, 0.25) is 0 Å². The molecule has 2 rings (SSSR count). The lowest BCUT2D eigenvalue weighted by molar-refractivity contribution is -0.124. The van der Waals surface area contributed by atoms with E-state index in [0.29, 0.717) is 29.4 Å². The van der Waals surface area contributed by atoms with Crippen LogP contribution in [0.1, 0.15) is 15.9 Å². The van der Waals surface area contributed by atoms with Crippen molar-refractivity contribution in [2.75, 3.05) is 39.7 Å². The highest BCUT2D eigenvalue weighted by molar-refractivity contribution is 8.00. The van der Waals surface area contributed by atoms with Crippen molar-refractivity contribution < 1.29 is 28.6 Å². The molecule has 0 radical (unpaired) electrons. The molecular formula is C22H26N2O6S. The van der Waals surface area contributed by atoms with Gasteiger partial charge in [0.15, 0.2) is 6.61 Å². The fourth-order valence-electron chi connectivity index (χ4n) is 2.55. The first kappa shape index (κ1) is 24.2. The van der Waals surface area contributed by atoms with Crippen LogP contribution in [0.4, 0.5) is 0 Å². The number of rotatable bonds is 12. The number of benzene rings is 2. The van der Waals surface area contributed by atoms with Crippen molar-refractivity contribution in [1.82, 2.24) is 10.6 Å². The van der Waals surface area contributed by atoms with Gasteiger partial charge in [-0.15, -0.1) is 11.8 Å². The Hall–Kier alpha value is -3.04. The Morgan fingerprint density at radius 1 is 0.935 bits per heavy atom. The van der Waals surface area contributed by atoms with Gasteiger partial charge in [-0.25, -0.2) is 4.79 Å². The minimum atomic E-state index is -0.629. The molecular weight excluding hydrogens is 420 g/mol. The van der Waals surface area contributed by atoms with Crippen molar-refractivity contribution in [3.63, 3.8) is 0 Å². The number of carbonyl (C=O) groups is 3. The molecule has 0 aliphatic rings. The van der Waals surface area contributed by atoms with Gasteiger partial charge in [0.05, 0.1) is 25.0 Å². The summed E-state index contributed by atoms with van der Waals surface area (Å²) in [5.74, 6) is -0.414. The summed E-state index contributed by atoms with van der Waals surface area (Å²) in [6, 6.07) is 14.1. The van der Waals surface area contributed by atoms with Crippen LogP contribution in [0, 0.1) is 0 Å². The molecule has 2 aromatic rings. The fraction of sp³-hybridized carbons (Fsp3) is 0.318. The Bertz CT molecular complexity index is 890. The topological polar surface area (TPSA) is 103 Å². The molecule has 0 aliphatic heterocycles. The van der Waals surface area contributed by atoms with E-state index < -0.39 is 18.5 Å². The average molecular weight is 447 g/mol. The van der Waals surface area contributed by atoms with Crippen LogP contribution >= 0.6 is 11.8 Å². The summed E-state index contributed by atoms with van der Waals surface area (Å²) in [5, 5.41) is 5.41. The molecule has 0 unspecified atom stereocenters. The van der Waals surface area contributed by atoms with Crippen LogP contribution in [-0.2, 0) is 25.6 Å². The second kappa shape index (κ2) is 13.3. The van der Waals surface area contributed by atoms with E-state index in [-0.39, 0.29) is 18.2 Å². The van der Waals surface area contributed by atoms with Gasteiger partial charge in [-0.2, -0.15) is 0 Å². The molecule has 0 aromatic heterocycles. The normalized spacial score (nSPS) is 10.3. The van der Waals surface area contributed by atoms with Gasteiger partial charge in [-0.1, -0.05) is 30.3 Å². The van der Waals surface area contributed by atoms with E-state index in [1.807, 2.05) is 18.2 Å².